The summed E-state index contributed by atoms with van der Waals surface area (Å²) in [6.45, 7) is 0.306. The molecule has 0 radical (unpaired) electrons. The van der Waals surface area contributed by atoms with E-state index in [-0.39, 0.29) is 6.04 Å². The Balaban J connectivity index is 1.58. The van der Waals surface area contributed by atoms with E-state index in [4.69, 9.17) is 16.3 Å². The zero-order valence-electron chi connectivity index (χ0n) is 13.9. The summed E-state index contributed by atoms with van der Waals surface area (Å²) in [5.74, 6) is -0.872. The van der Waals surface area contributed by atoms with Crippen LogP contribution >= 0.6 is 11.6 Å². The van der Waals surface area contributed by atoms with Crippen LogP contribution in [0.15, 0.2) is 53.6 Å². The lowest BCUT2D eigenvalue weighted by atomic mass is 10.2. The molecule has 0 aromatic heterocycles. The van der Waals surface area contributed by atoms with Crippen molar-refractivity contribution < 1.29 is 14.3 Å². The number of halogens is 1. The zero-order valence-corrected chi connectivity index (χ0v) is 14.7. The Kier molecular flexibility index (Phi) is 5.86. The number of hydrogen-bond acceptors (Lipinski definition) is 4. The number of benzene rings is 2. The predicted octanol–water partition coefficient (Wildman–Crippen LogP) is 2.65. The van der Waals surface area contributed by atoms with Crippen LogP contribution < -0.4 is 15.5 Å². The summed E-state index contributed by atoms with van der Waals surface area (Å²) >= 11 is 6.13. The molecular weight excluding hydrogens is 354 g/mol. The molecule has 0 heterocycles. The van der Waals surface area contributed by atoms with Gasteiger partial charge in [0.15, 0.2) is 0 Å². The van der Waals surface area contributed by atoms with E-state index in [0.717, 1.165) is 18.4 Å². The second kappa shape index (κ2) is 8.49. The molecular formula is C19H18ClN3O3. The highest BCUT2D eigenvalue weighted by Gasteiger charge is 2.26. The number of hydrazone groups is 1. The Bertz CT molecular complexity index is 834. The molecule has 2 N–H and O–H groups in total. The molecule has 1 saturated carbocycles. The molecule has 0 atom stereocenters. The minimum Gasteiger partial charge on any atom is -0.488 e. The first-order chi connectivity index (χ1) is 12.6. The van der Waals surface area contributed by atoms with Gasteiger partial charge in [-0.2, -0.15) is 5.10 Å². The second-order valence-corrected chi connectivity index (χ2v) is 6.27. The van der Waals surface area contributed by atoms with Crippen LogP contribution in [0.2, 0.25) is 5.02 Å². The molecule has 7 heteroatoms. The maximum absolute atomic E-state index is 11.6. The van der Waals surface area contributed by atoms with Crippen LogP contribution in [-0.4, -0.2) is 24.1 Å². The van der Waals surface area contributed by atoms with Crippen molar-refractivity contribution in [2.24, 2.45) is 5.10 Å². The number of carbonyl (C=O) groups excluding carboxylic acids is 2. The molecule has 134 valence electrons. The molecule has 1 fully saturated rings. The van der Waals surface area contributed by atoms with Gasteiger partial charge in [-0.25, -0.2) is 5.43 Å². The van der Waals surface area contributed by atoms with Crippen molar-refractivity contribution in [3.05, 3.63) is 64.7 Å². The average Bonchev–Trinajstić information content (AvgIpc) is 3.46. The minimum atomic E-state index is -0.789. The lowest BCUT2D eigenvalue weighted by molar-refractivity contribution is -0.139. The Labute approximate surface area is 156 Å². The lowest BCUT2D eigenvalue weighted by Gasteiger charge is -2.10. The molecule has 2 amide bonds. The fourth-order valence-electron chi connectivity index (χ4n) is 2.18. The van der Waals surface area contributed by atoms with Crippen molar-refractivity contribution in [2.45, 2.75) is 25.5 Å². The van der Waals surface area contributed by atoms with E-state index >= 15 is 0 Å². The topological polar surface area (TPSA) is 79.8 Å². The SMILES string of the molecule is O=C(NN=Cc1ccccc1OCc1ccccc1Cl)C(=O)NC1CC1. The van der Waals surface area contributed by atoms with Crippen molar-refractivity contribution in [1.29, 1.82) is 0 Å². The van der Waals surface area contributed by atoms with Gasteiger partial charge in [-0.1, -0.05) is 41.9 Å². The monoisotopic (exact) mass is 371 g/mol. The summed E-state index contributed by atoms with van der Waals surface area (Å²) < 4.78 is 5.80. The number of ether oxygens (including phenoxy) is 1. The predicted molar refractivity (Wildman–Crippen MR) is 99.1 cm³/mol. The first-order valence-corrected chi connectivity index (χ1v) is 8.60. The number of hydrogen-bond donors (Lipinski definition) is 2. The van der Waals surface area contributed by atoms with Crippen LogP contribution in [0, 0.1) is 0 Å². The van der Waals surface area contributed by atoms with Crippen LogP contribution in [0.3, 0.4) is 0 Å². The van der Waals surface area contributed by atoms with Crippen LogP contribution in [0.25, 0.3) is 0 Å². The van der Waals surface area contributed by atoms with Gasteiger partial charge in [0.1, 0.15) is 12.4 Å². The highest BCUT2D eigenvalue weighted by Crippen LogP contribution is 2.21. The summed E-state index contributed by atoms with van der Waals surface area (Å²) in [4.78, 5) is 23.2. The molecule has 2 aromatic rings. The highest BCUT2D eigenvalue weighted by atomic mass is 35.5. The summed E-state index contributed by atoms with van der Waals surface area (Å²) in [5, 5.41) is 7.06. The fourth-order valence-corrected chi connectivity index (χ4v) is 2.37. The minimum absolute atomic E-state index is 0.121. The second-order valence-electron chi connectivity index (χ2n) is 5.86. The van der Waals surface area contributed by atoms with E-state index in [2.05, 4.69) is 15.8 Å². The molecule has 1 aliphatic rings. The first-order valence-electron chi connectivity index (χ1n) is 8.22. The van der Waals surface area contributed by atoms with Gasteiger partial charge in [0.25, 0.3) is 0 Å². The van der Waals surface area contributed by atoms with E-state index in [1.165, 1.54) is 6.21 Å². The summed E-state index contributed by atoms with van der Waals surface area (Å²) in [6, 6.07) is 14.8. The van der Waals surface area contributed by atoms with Gasteiger partial charge >= 0.3 is 11.8 Å². The van der Waals surface area contributed by atoms with E-state index in [9.17, 15) is 9.59 Å². The van der Waals surface area contributed by atoms with E-state index in [0.29, 0.717) is 22.9 Å². The van der Waals surface area contributed by atoms with Crippen molar-refractivity contribution >= 4 is 29.6 Å². The average molecular weight is 372 g/mol. The van der Waals surface area contributed by atoms with Gasteiger partial charge < -0.3 is 10.1 Å². The van der Waals surface area contributed by atoms with Crippen molar-refractivity contribution in [3.8, 4) is 5.75 Å². The maximum Gasteiger partial charge on any atom is 0.329 e. The Morgan fingerprint density at radius 2 is 1.85 bits per heavy atom. The van der Waals surface area contributed by atoms with Gasteiger partial charge in [-0.05, 0) is 31.0 Å². The number of nitrogens with zero attached hydrogens (tertiary/aromatic N) is 1. The number of rotatable bonds is 6. The third-order valence-corrected chi connectivity index (χ3v) is 4.12. The Hall–Kier alpha value is -2.86. The van der Waals surface area contributed by atoms with Crippen LogP contribution in [0.1, 0.15) is 24.0 Å². The van der Waals surface area contributed by atoms with Gasteiger partial charge in [-0.15, -0.1) is 0 Å². The molecule has 6 nitrogen and oxygen atoms in total. The summed E-state index contributed by atoms with van der Waals surface area (Å²) in [5.41, 5.74) is 3.75. The zero-order chi connectivity index (χ0) is 18.4. The third kappa shape index (κ3) is 5.07. The van der Waals surface area contributed by atoms with Gasteiger partial charge in [0.2, 0.25) is 0 Å². The van der Waals surface area contributed by atoms with E-state index < -0.39 is 11.8 Å². The van der Waals surface area contributed by atoms with Crippen LogP contribution in [0.4, 0.5) is 0 Å². The lowest BCUT2D eigenvalue weighted by Crippen LogP contribution is -2.38. The van der Waals surface area contributed by atoms with Gasteiger partial charge in [0.05, 0.1) is 6.21 Å². The fraction of sp³-hybridized carbons (Fsp3) is 0.211. The highest BCUT2D eigenvalue weighted by molar-refractivity contribution is 6.35. The molecule has 0 unspecified atom stereocenters. The number of amides is 2. The molecule has 3 rings (SSSR count). The molecule has 2 aromatic carbocycles. The van der Waals surface area contributed by atoms with Crippen molar-refractivity contribution in [1.82, 2.24) is 10.7 Å². The van der Waals surface area contributed by atoms with Gasteiger partial charge in [-0.3, -0.25) is 9.59 Å². The Morgan fingerprint density at radius 1 is 1.12 bits per heavy atom. The molecule has 0 saturated heterocycles. The Morgan fingerprint density at radius 3 is 2.62 bits per heavy atom. The quantitative estimate of drug-likeness (QED) is 0.465. The van der Waals surface area contributed by atoms with Gasteiger partial charge in [0, 0.05) is 22.2 Å². The smallest absolute Gasteiger partial charge is 0.329 e. The number of carbonyl (C=O) groups is 2. The third-order valence-electron chi connectivity index (χ3n) is 3.75. The molecule has 1 aliphatic carbocycles. The van der Waals surface area contributed by atoms with E-state index in [1.807, 2.05) is 30.3 Å². The van der Waals surface area contributed by atoms with Crippen LogP contribution in [-0.2, 0) is 16.2 Å². The van der Waals surface area contributed by atoms with Crippen LogP contribution in [0.5, 0.6) is 5.75 Å². The largest absolute Gasteiger partial charge is 0.488 e. The maximum atomic E-state index is 11.6. The summed E-state index contributed by atoms with van der Waals surface area (Å²) in [6.07, 6.45) is 3.26. The van der Waals surface area contributed by atoms with Crippen molar-refractivity contribution in [2.75, 3.05) is 0 Å². The standard InChI is InChI=1S/C19H18ClN3O3/c20-16-7-3-1-6-14(16)12-26-17-8-4-2-5-13(17)11-21-23-19(25)18(24)22-15-9-10-15/h1-8,11,15H,9-10,12H2,(H,22,24)(H,23,25). The molecule has 0 bridgehead atoms. The normalized spacial score (nSPS) is 13.4. The molecule has 0 spiro atoms. The molecule has 26 heavy (non-hydrogen) atoms. The number of para-hydroxylation sites is 1. The first kappa shape index (κ1) is 17.9. The van der Waals surface area contributed by atoms with E-state index in [1.54, 1.807) is 18.2 Å². The molecule has 0 aliphatic heterocycles. The summed E-state index contributed by atoms with van der Waals surface area (Å²) in [7, 11) is 0. The number of nitrogens with one attached hydrogen (secondary N) is 2. The van der Waals surface area contributed by atoms with Crippen molar-refractivity contribution in [3.63, 3.8) is 0 Å².